The minimum Gasteiger partial charge on any atom is -0.508 e. The molecule has 2 nitrogen and oxygen atoms in total. The van der Waals surface area contributed by atoms with E-state index in [0.29, 0.717) is 5.56 Å². The number of hydrogen-bond donors (Lipinski definition) is 2. The molecule has 1 rings (SSSR count). The van der Waals surface area contributed by atoms with Crippen LogP contribution in [0.1, 0.15) is 24.9 Å². The number of halogens is 1. The fourth-order valence-electron chi connectivity index (χ4n) is 1.05. The first-order valence-electron chi connectivity index (χ1n) is 3.89. The Morgan fingerprint density at radius 1 is 1.58 bits per heavy atom. The van der Waals surface area contributed by atoms with Gasteiger partial charge in [0.05, 0.1) is 0 Å². The molecular weight excluding hydrogens is 157 g/mol. The second-order valence-electron chi connectivity index (χ2n) is 2.72. The average Bonchev–Trinajstić information content (AvgIpc) is 2.03. The third-order valence-electron chi connectivity index (χ3n) is 1.83. The molecule has 0 aliphatic heterocycles. The zero-order chi connectivity index (χ0) is 9.14. The largest absolute Gasteiger partial charge is 0.508 e. The van der Waals surface area contributed by atoms with Crippen molar-refractivity contribution in [3.63, 3.8) is 0 Å². The smallest absolute Gasteiger partial charge is 0.126 e. The molecule has 0 unspecified atom stereocenters. The van der Waals surface area contributed by atoms with Crippen molar-refractivity contribution < 1.29 is 9.50 Å². The van der Waals surface area contributed by atoms with Crippen LogP contribution >= 0.6 is 0 Å². The van der Waals surface area contributed by atoms with Crippen LogP contribution in [0.4, 0.5) is 4.39 Å². The van der Waals surface area contributed by atoms with Gasteiger partial charge in [0.25, 0.3) is 0 Å². The monoisotopic (exact) mass is 169 g/mol. The summed E-state index contributed by atoms with van der Waals surface area (Å²) in [6.07, 6.45) is 0.721. The lowest BCUT2D eigenvalue weighted by Crippen LogP contribution is -2.08. The zero-order valence-electron chi connectivity index (χ0n) is 6.92. The molecule has 1 aromatic carbocycles. The van der Waals surface area contributed by atoms with Gasteiger partial charge >= 0.3 is 0 Å². The van der Waals surface area contributed by atoms with Gasteiger partial charge in [-0.1, -0.05) is 13.0 Å². The van der Waals surface area contributed by atoms with E-state index in [2.05, 4.69) is 0 Å². The minimum atomic E-state index is -0.445. The van der Waals surface area contributed by atoms with Crippen molar-refractivity contribution in [3.8, 4) is 5.75 Å². The molecule has 12 heavy (non-hydrogen) atoms. The Kier molecular flexibility index (Phi) is 2.65. The molecule has 1 aromatic rings. The van der Waals surface area contributed by atoms with Crippen LogP contribution in [-0.4, -0.2) is 5.11 Å². The maximum Gasteiger partial charge on any atom is 0.126 e. The minimum absolute atomic E-state index is 0.0654. The molecule has 3 heteroatoms. The number of hydrogen-bond acceptors (Lipinski definition) is 2. The predicted molar refractivity (Wildman–Crippen MR) is 45.3 cm³/mol. The zero-order valence-corrected chi connectivity index (χ0v) is 6.92. The summed E-state index contributed by atoms with van der Waals surface area (Å²) in [7, 11) is 0. The fourth-order valence-corrected chi connectivity index (χ4v) is 1.05. The van der Waals surface area contributed by atoms with Crippen molar-refractivity contribution in [2.75, 3.05) is 0 Å². The van der Waals surface area contributed by atoms with Gasteiger partial charge in [-0.15, -0.1) is 0 Å². The topological polar surface area (TPSA) is 46.2 Å². The molecular formula is C9H12FNO. The van der Waals surface area contributed by atoms with E-state index < -0.39 is 5.82 Å². The highest BCUT2D eigenvalue weighted by atomic mass is 19.1. The summed E-state index contributed by atoms with van der Waals surface area (Å²) in [5, 5.41) is 9.27. The molecule has 0 spiro atoms. The number of phenols is 1. The third kappa shape index (κ3) is 1.74. The van der Waals surface area contributed by atoms with Gasteiger partial charge in [-0.3, -0.25) is 0 Å². The molecule has 0 aliphatic rings. The lowest BCUT2D eigenvalue weighted by Gasteiger charge is -2.10. The molecule has 0 aromatic heterocycles. The van der Waals surface area contributed by atoms with Gasteiger partial charge < -0.3 is 10.8 Å². The quantitative estimate of drug-likeness (QED) is 0.710. The van der Waals surface area contributed by atoms with Gasteiger partial charge in [0.15, 0.2) is 0 Å². The van der Waals surface area contributed by atoms with E-state index in [1.165, 1.54) is 12.1 Å². The second-order valence-corrected chi connectivity index (χ2v) is 2.72. The number of aromatic hydroxyl groups is 1. The molecule has 0 bridgehead atoms. The van der Waals surface area contributed by atoms with Crippen molar-refractivity contribution in [2.45, 2.75) is 19.4 Å². The van der Waals surface area contributed by atoms with Crippen LogP contribution in [0.2, 0.25) is 0 Å². The molecule has 3 N–H and O–H groups in total. The Labute approximate surface area is 70.8 Å². The number of rotatable bonds is 2. The van der Waals surface area contributed by atoms with Crippen molar-refractivity contribution in [1.29, 1.82) is 0 Å². The summed E-state index contributed by atoms with van der Waals surface area (Å²) in [6.45, 7) is 1.91. The first-order chi connectivity index (χ1) is 5.65. The van der Waals surface area contributed by atoms with E-state index in [-0.39, 0.29) is 11.8 Å². The number of benzene rings is 1. The van der Waals surface area contributed by atoms with E-state index in [4.69, 9.17) is 5.73 Å². The van der Waals surface area contributed by atoms with Crippen LogP contribution in [0.15, 0.2) is 18.2 Å². The second kappa shape index (κ2) is 3.54. The Morgan fingerprint density at radius 2 is 2.25 bits per heavy atom. The van der Waals surface area contributed by atoms with Crippen LogP contribution in [0.5, 0.6) is 5.75 Å². The number of nitrogens with two attached hydrogens (primary N) is 1. The standard InChI is InChI=1S/C9H12FNO/c1-2-8(11)7-4-3-6(10)5-9(7)12/h3-5,8,12H,2,11H2,1H3/t8-/m1/s1. The highest BCUT2D eigenvalue weighted by molar-refractivity contribution is 5.34. The van der Waals surface area contributed by atoms with Crippen LogP contribution in [0, 0.1) is 5.82 Å². The van der Waals surface area contributed by atoms with Crippen LogP contribution in [0.25, 0.3) is 0 Å². The third-order valence-corrected chi connectivity index (χ3v) is 1.83. The van der Waals surface area contributed by atoms with E-state index in [1.807, 2.05) is 6.92 Å². The first kappa shape index (κ1) is 9.00. The van der Waals surface area contributed by atoms with Gasteiger partial charge in [-0.25, -0.2) is 4.39 Å². The van der Waals surface area contributed by atoms with Crippen molar-refractivity contribution >= 4 is 0 Å². The van der Waals surface area contributed by atoms with Crippen molar-refractivity contribution in [2.24, 2.45) is 5.73 Å². The van der Waals surface area contributed by atoms with Gasteiger partial charge in [-0.2, -0.15) is 0 Å². The van der Waals surface area contributed by atoms with Gasteiger partial charge in [0.1, 0.15) is 11.6 Å². The lowest BCUT2D eigenvalue weighted by atomic mass is 10.0. The molecule has 0 saturated carbocycles. The average molecular weight is 169 g/mol. The van der Waals surface area contributed by atoms with Crippen LogP contribution in [-0.2, 0) is 0 Å². The molecule has 0 saturated heterocycles. The molecule has 0 amide bonds. The first-order valence-corrected chi connectivity index (χ1v) is 3.89. The molecule has 0 radical (unpaired) electrons. The Balaban J connectivity index is 3.01. The fraction of sp³-hybridized carbons (Fsp3) is 0.333. The molecule has 0 heterocycles. The van der Waals surface area contributed by atoms with E-state index in [0.717, 1.165) is 12.5 Å². The Hall–Kier alpha value is -1.09. The normalized spacial score (nSPS) is 12.9. The summed E-state index contributed by atoms with van der Waals surface area (Å²) in [6, 6.07) is 3.67. The molecule has 0 fully saturated rings. The maximum absolute atomic E-state index is 12.5. The van der Waals surface area contributed by atoms with Gasteiger partial charge in [-0.05, 0) is 12.5 Å². The van der Waals surface area contributed by atoms with Gasteiger partial charge in [0, 0.05) is 17.7 Å². The molecule has 1 atom stereocenters. The number of phenolic OH excluding ortho intramolecular Hbond substituents is 1. The summed E-state index contributed by atoms with van der Waals surface area (Å²) < 4.78 is 12.5. The predicted octanol–water partition coefficient (Wildman–Crippen LogP) is 1.94. The van der Waals surface area contributed by atoms with E-state index in [1.54, 1.807) is 0 Å². The summed E-state index contributed by atoms with van der Waals surface area (Å²) in [5.74, 6) is -0.510. The highest BCUT2D eigenvalue weighted by Gasteiger charge is 2.08. The Morgan fingerprint density at radius 3 is 2.75 bits per heavy atom. The highest BCUT2D eigenvalue weighted by Crippen LogP contribution is 2.24. The van der Waals surface area contributed by atoms with Crippen LogP contribution < -0.4 is 5.73 Å². The lowest BCUT2D eigenvalue weighted by molar-refractivity contribution is 0.454. The van der Waals surface area contributed by atoms with Crippen molar-refractivity contribution in [3.05, 3.63) is 29.6 Å². The van der Waals surface area contributed by atoms with E-state index >= 15 is 0 Å². The maximum atomic E-state index is 12.5. The summed E-state index contributed by atoms with van der Waals surface area (Å²) in [4.78, 5) is 0. The summed E-state index contributed by atoms with van der Waals surface area (Å²) in [5.41, 5.74) is 6.26. The van der Waals surface area contributed by atoms with Crippen LogP contribution in [0.3, 0.4) is 0 Å². The Bertz CT molecular complexity index is 275. The van der Waals surface area contributed by atoms with Crippen molar-refractivity contribution in [1.82, 2.24) is 0 Å². The SMILES string of the molecule is CC[C@@H](N)c1ccc(F)cc1O. The van der Waals surface area contributed by atoms with Gasteiger partial charge in [0.2, 0.25) is 0 Å². The summed E-state index contributed by atoms with van der Waals surface area (Å²) >= 11 is 0. The molecule has 0 aliphatic carbocycles. The van der Waals surface area contributed by atoms with E-state index in [9.17, 15) is 9.50 Å². The molecule has 66 valence electrons.